The van der Waals surface area contributed by atoms with Crippen LogP contribution >= 0.6 is 0 Å². The summed E-state index contributed by atoms with van der Waals surface area (Å²) in [4.78, 5) is 0. The van der Waals surface area contributed by atoms with Gasteiger partial charge in [-0.15, -0.1) is 0 Å². The topological polar surface area (TPSA) is 9.23 Å². The summed E-state index contributed by atoms with van der Waals surface area (Å²) in [5.74, 6) is 0. The molecular formula is C5H9HfO-. The molecule has 0 radical (unpaired) electrons. The number of hydrogen-bond donors (Lipinski definition) is 0. The van der Waals surface area contributed by atoms with Crippen LogP contribution in [0.3, 0.4) is 0 Å². The zero-order valence-electron chi connectivity index (χ0n) is 4.31. The van der Waals surface area contributed by atoms with Gasteiger partial charge in [-0.3, -0.25) is 0 Å². The fourth-order valence-electron chi connectivity index (χ4n) is 0.580. The molecule has 0 atom stereocenters. The van der Waals surface area contributed by atoms with Crippen molar-refractivity contribution >= 4 is 0 Å². The first kappa shape index (κ1) is 7.83. The number of ether oxygens (including phenoxy) is 1. The summed E-state index contributed by atoms with van der Waals surface area (Å²) in [7, 11) is 0. The van der Waals surface area contributed by atoms with Gasteiger partial charge in [-0.25, -0.2) is 6.61 Å². The van der Waals surface area contributed by atoms with E-state index in [0.717, 1.165) is 13.0 Å². The second-order valence-electron chi connectivity index (χ2n) is 1.53. The van der Waals surface area contributed by atoms with Crippen molar-refractivity contribution in [3.05, 3.63) is 6.61 Å². The standard InChI is InChI=1S/C5H9O.Hf/c1-2-4-6-5-3-1;/h4H,1-3,5H2;/q-1;. The molecule has 1 heterocycles. The van der Waals surface area contributed by atoms with Gasteiger partial charge in [0.15, 0.2) is 0 Å². The number of rotatable bonds is 0. The predicted octanol–water partition coefficient (Wildman–Crippen LogP) is 1.35. The van der Waals surface area contributed by atoms with E-state index in [1.54, 1.807) is 0 Å². The van der Waals surface area contributed by atoms with Crippen LogP contribution in [-0.4, -0.2) is 6.61 Å². The van der Waals surface area contributed by atoms with Gasteiger partial charge in [0.2, 0.25) is 0 Å². The van der Waals surface area contributed by atoms with Gasteiger partial charge in [0.1, 0.15) is 0 Å². The molecule has 0 saturated carbocycles. The van der Waals surface area contributed by atoms with E-state index in [2.05, 4.69) is 0 Å². The Labute approximate surface area is 63.2 Å². The molecule has 1 saturated heterocycles. The quantitative estimate of drug-likeness (QED) is 0.473. The minimum absolute atomic E-state index is 0. The van der Waals surface area contributed by atoms with E-state index in [9.17, 15) is 0 Å². The van der Waals surface area contributed by atoms with Crippen molar-refractivity contribution < 1.29 is 30.6 Å². The molecule has 0 aromatic heterocycles. The molecule has 0 spiro atoms. The second kappa shape index (κ2) is 4.98. The summed E-state index contributed by atoms with van der Waals surface area (Å²) < 4.78 is 4.94. The van der Waals surface area contributed by atoms with Gasteiger partial charge in [-0.2, -0.15) is 6.42 Å². The SMILES string of the molecule is [CH-]1CCCCO1.[Hf]. The molecule has 40 valence electrons. The van der Waals surface area contributed by atoms with E-state index in [1.807, 2.05) is 6.61 Å². The Bertz CT molecular complexity index is 23.6. The molecular weight excluding hydrogens is 255 g/mol. The van der Waals surface area contributed by atoms with E-state index < -0.39 is 0 Å². The van der Waals surface area contributed by atoms with Crippen molar-refractivity contribution in [2.45, 2.75) is 19.3 Å². The largest absolute Gasteiger partial charge is 0.552 e. The van der Waals surface area contributed by atoms with E-state index >= 15 is 0 Å². The van der Waals surface area contributed by atoms with Gasteiger partial charge in [0.05, 0.1) is 0 Å². The predicted molar refractivity (Wildman–Crippen MR) is 24.1 cm³/mol. The van der Waals surface area contributed by atoms with Crippen molar-refractivity contribution in [1.29, 1.82) is 0 Å². The molecule has 1 rings (SSSR count). The fraction of sp³-hybridized carbons (Fsp3) is 0.800. The zero-order valence-corrected chi connectivity index (χ0v) is 7.91. The van der Waals surface area contributed by atoms with Gasteiger partial charge < -0.3 is 4.74 Å². The van der Waals surface area contributed by atoms with Crippen molar-refractivity contribution in [2.75, 3.05) is 6.61 Å². The molecule has 0 aliphatic carbocycles. The third-order valence-electron chi connectivity index (χ3n) is 0.952. The van der Waals surface area contributed by atoms with E-state index in [1.165, 1.54) is 12.8 Å². The van der Waals surface area contributed by atoms with Crippen LogP contribution in [-0.2, 0) is 30.6 Å². The summed E-state index contributed by atoms with van der Waals surface area (Å²) >= 11 is 0. The third-order valence-corrected chi connectivity index (χ3v) is 0.952. The minimum Gasteiger partial charge on any atom is -0.552 e. The van der Waals surface area contributed by atoms with Crippen LogP contribution in [0.4, 0.5) is 0 Å². The zero-order chi connectivity index (χ0) is 4.24. The third kappa shape index (κ3) is 3.42. The average Bonchev–Trinajstić information content (AvgIpc) is 1.72. The van der Waals surface area contributed by atoms with Crippen molar-refractivity contribution in [3.63, 3.8) is 0 Å². The summed E-state index contributed by atoms with van der Waals surface area (Å²) in [5, 5.41) is 0. The Kier molecular flexibility index (Phi) is 5.57. The Morgan fingerprint density at radius 1 is 1.29 bits per heavy atom. The first-order valence-electron chi connectivity index (χ1n) is 2.43. The van der Waals surface area contributed by atoms with Gasteiger partial charge in [-0.1, -0.05) is 6.42 Å². The van der Waals surface area contributed by atoms with Crippen molar-refractivity contribution in [2.24, 2.45) is 0 Å². The van der Waals surface area contributed by atoms with Crippen LogP contribution in [0.5, 0.6) is 0 Å². The second-order valence-corrected chi connectivity index (χ2v) is 1.53. The Hall–Kier alpha value is 0.830. The molecule has 1 nitrogen and oxygen atoms in total. The van der Waals surface area contributed by atoms with E-state index in [4.69, 9.17) is 4.74 Å². The summed E-state index contributed by atoms with van der Waals surface area (Å²) in [6, 6.07) is 0. The smallest absolute Gasteiger partial charge is 0.0111 e. The van der Waals surface area contributed by atoms with Gasteiger partial charge in [-0.05, 0) is 6.42 Å². The first-order chi connectivity index (χ1) is 3.00. The van der Waals surface area contributed by atoms with Crippen LogP contribution in [0, 0.1) is 6.61 Å². The Morgan fingerprint density at radius 2 is 2.14 bits per heavy atom. The van der Waals surface area contributed by atoms with Crippen LogP contribution in [0.2, 0.25) is 0 Å². The molecule has 1 aliphatic rings. The van der Waals surface area contributed by atoms with Crippen LogP contribution in [0.1, 0.15) is 19.3 Å². The summed E-state index contributed by atoms with van der Waals surface area (Å²) in [5.41, 5.74) is 0. The molecule has 2 heteroatoms. The van der Waals surface area contributed by atoms with Crippen LogP contribution < -0.4 is 0 Å². The maximum atomic E-state index is 4.94. The van der Waals surface area contributed by atoms with Crippen molar-refractivity contribution in [1.82, 2.24) is 0 Å². The van der Waals surface area contributed by atoms with E-state index in [-0.39, 0.29) is 25.8 Å². The molecule has 0 aromatic carbocycles. The van der Waals surface area contributed by atoms with Gasteiger partial charge in [0.25, 0.3) is 0 Å². The maximum Gasteiger partial charge on any atom is 0.0111 e. The fourth-order valence-corrected chi connectivity index (χ4v) is 0.580. The minimum atomic E-state index is 0. The van der Waals surface area contributed by atoms with Crippen LogP contribution in [0.15, 0.2) is 0 Å². The molecule has 7 heavy (non-hydrogen) atoms. The molecule has 0 bridgehead atoms. The van der Waals surface area contributed by atoms with E-state index in [0.29, 0.717) is 0 Å². The maximum absolute atomic E-state index is 4.94. The Balaban J connectivity index is 0.000000360. The monoisotopic (exact) mass is 265 g/mol. The molecule has 0 unspecified atom stereocenters. The first-order valence-corrected chi connectivity index (χ1v) is 2.43. The molecule has 0 amide bonds. The molecule has 1 fully saturated rings. The normalized spacial score (nSPS) is 20.6. The van der Waals surface area contributed by atoms with Gasteiger partial charge >= 0.3 is 0 Å². The Morgan fingerprint density at radius 3 is 2.29 bits per heavy atom. The van der Waals surface area contributed by atoms with Crippen molar-refractivity contribution in [3.8, 4) is 0 Å². The summed E-state index contributed by atoms with van der Waals surface area (Å²) in [6.45, 7) is 2.84. The average molecular weight is 264 g/mol. The number of hydrogen-bond acceptors (Lipinski definition) is 1. The molecule has 0 N–H and O–H groups in total. The van der Waals surface area contributed by atoms with Gasteiger partial charge in [0, 0.05) is 32.5 Å². The molecule has 0 aromatic rings. The summed E-state index contributed by atoms with van der Waals surface area (Å²) in [6.07, 6.45) is 3.72. The molecule has 1 aliphatic heterocycles. The van der Waals surface area contributed by atoms with Crippen LogP contribution in [0.25, 0.3) is 0 Å².